The van der Waals surface area contributed by atoms with Crippen LogP contribution in [0.15, 0.2) is 24.5 Å². The number of rotatable bonds is 4. The fraction of sp³-hybridized carbons (Fsp3) is 0.364. The molecule has 0 amide bonds. The van der Waals surface area contributed by atoms with Gasteiger partial charge in [-0.15, -0.1) is 10.2 Å². The maximum atomic E-state index is 4.98. The maximum absolute atomic E-state index is 4.98. The molecule has 1 N–H and O–H groups in total. The van der Waals surface area contributed by atoms with Crippen molar-refractivity contribution in [1.29, 1.82) is 0 Å². The number of hydrogen-bond acceptors (Lipinski definition) is 5. The number of nitrogens with one attached hydrogen (secondary N) is 1. The Balaban J connectivity index is 2.32. The molecule has 0 spiro atoms. The molecule has 2 heterocycles. The van der Waals surface area contributed by atoms with E-state index in [1.165, 1.54) is 0 Å². The Morgan fingerprint density at radius 2 is 2.18 bits per heavy atom. The minimum absolute atomic E-state index is 0.0755. The number of aromatic nitrogens is 4. The summed E-state index contributed by atoms with van der Waals surface area (Å²) in [6.45, 7) is 0. The van der Waals surface area contributed by atoms with Crippen LogP contribution in [0.25, 0.3) is 0 Å². The van der Waals surface area contributed by atoms with Gasteiger partial charge >= 0.3 is 0 Å². The van der Waals surface area contributed by atoms with Crippen LogP contribution < -0.4 is 10.1 Å². The first kappa shape index (κ1) is 11.5. The summed E-state index contributed by atoms with van der Waals surface area (Å²) in [5, 5.41) is 11.3. The Morgan fingerprint density at radius 1 is 1.35 bits per heavy atom. The van der Waals surface area contributed by atoms with Gasteiger partial charge in [-0.2, -0.15) is 0 Å². The highest BCUT2D eigenvalue weighted by Gasteiger charge is 2.18. The second kappa shape index (κ2) is 4.92. The summed E-state index contributed by atoms with van der Waals surface area (Å²) >= 11 is 0. The molecule has 2 aromatic heterocycles. The van der Waals surface area contributed by atoms with E-state index < -0.39 is 0 Å². The van der Waals surface area contributed by atoms with E-state index in [2.05, 4.69) is 20.5 Å². The topological polar surface area (TPSA) is 64.9 Å². The van der Waals surface area contributed by atoms with Gasteiger partial charge in [-0.1, -0.05) is 0 Å². The Bertz CT molecular complexity index is 479. The van der Waals surface area contributed by atoms with Crippen molar-refractivity contribution in [2.24, 2.45) is 7.05 Å². The van der Waals surface area contributed by atoms with Gasteiger partial charge in [0.15, 0.2) is 0 Å². The molecule has 0 saturated heterocycles. The average molecular weight is 233 g/mol. The van der Waals surface area contributed by atoms with Gasteiger partial charge in [-0.3, -0.25) is 0 Å². The molecule has 0 fully saturated rings. The summed E-state index contributed by atoms with van der Waals surface area (Å²) in [7, 11) is 5.38. The molecule has 1 atom stereocenters. The van der Waals surface area contributed by atoms with Crippen molar-refractivity contribution in [3.05, 3.63) is 36.0 Å². The van der Waals surface area contributed by atoms with E-state index in [0.29, 0.717) is 5.88 Å². The highest BCUT2D eigenvalue weighted by atomic mass is 16.5. The standard InChI is InChI=1S/C11H15N5O/c1-12-10(11-13-6-7-16(11)2)8-4-5-9(17-3)15-14-8/h4-7,10,12H,1-3H3. The van der Waals surface area contributed by atoms with Crippen LogP contribution in [0, 0.1) is 0 Å². The van der Waals surface area contributed by atoms with Gasteiger partial charge < -0.3 is 14.6 Å². The van der Waals surface area contributed by atoms with Crippen LogP contribution in [0.1, 0.15) is 17.6 Å². The van der Waals surface area contributed by atoms with Gasteiger partial charge in [-0.05, 0) is 13.1 Å². The molecule has 0 aliphatic carbocycles. The van der Waals surface area contributed by atoms with Crippen LogP contribution in [0.3, 0.4) is 0 Å². The highest BCUT2D eigenvalue weighted by Crippen LogP contribution is 2.18. The molecule has 0 radical (unpaired) electrons. The normalized spacial score (nSPS) is 12.4. The molecule has 1 unspecified atom stereocenters. The summed E-state index contributed by atoms with van der Waals surface area (Å²) in [6, 6.07) is 3.59. The van der Waals surface area contributed by atoms with Crippen molar-refractivity contribution in [2.75, 3.05) is 14.2 Å². The van der Waals surface area contributed by atoms with Crippen molar-refractivity contribution in [1.82, 2.24) is 25.1 Å². The predicted octanol–water partition coefficient (Wildman–Crippen LogP) is 0.527. The molecule has 0 bridgehead atoms. The first-order valence-corrected chi connectivity index (χ1v) is 5.28. The summed E-state index contributed by atoms with van der Waals surface area (Å²) < 4.78 is 6.93. The van der Waals surface area contributed by atoms with E-state index in [1.807, 2.05) is 30.9 Å². The van der Waals surface area contributed by atoms with Gasteiger partial charge in [0, 0.05) is 25.5 Å². The summed E-state index contributed by atoms with van der Waals surface area (Å²) in [6.07, 6.45) is 3.66. The number of ether oxygens (including phenoxy) is 1. The van der Waals surface area contributed by atoms with E-state index in [4.69, 9.17) is 4.74 Å². The van der Waals surface area contributed by atoms with E-state index in [0.717, 1.165) is 11.5 Å². The Labute approximate surface area is 99.7 Å². The minimum atomic E-state index is -0.0755. The Kier molecular flexibility index (Phi) is 3.34. The molecule has 6 nitrogen and oxygen atoms in total. The zero-order valence-electron chi connectivity index (χ0n) is 10.1. The van der Waals surface area contributed by atoms with E-state index in [1.54, 1.807) is 19.4 Å². The molecule has 0 aliphatic rings. The summed E-state index contributed by atoms with van der Waals surface area (Å²) in [5.41, 5.74) is 0.808. The number of imidazole rings is 1. The second-order valence-corrected chi connectivity index (χ2v) is 3.62. The summed E-state index contributed by atoms with van der Waals surface area (Å²) in [4.78, 5) is 4.31. The molecule has 17 heavy (non-hydrogen) atoms. The second-order valence-electron chi connectivity index (χ2n) is 3.62. The van der Waals surface area contributed by atoms with Crippen molar-refractivity contribution in [2.45, 2.75) is 6.04 Å². The number of aryl methyl sites for hydroxylation is 1. The largest absolute Gasteiger partial charge is 0.480 e. The zero-order valence-corrected chi connectivity index (χ0v) is 10.1. The monoisotopic (exact) mass is 233 g/mol. The lowest BCUT2D eigenvalue weighted by atomic mass is 10.2. The smallest absolute Gasteiger partial charge is 0.233 e. The lowest BCUT2D eigenvalue weighted by Gasteiger charge is -2.14. The van der Waals surface area contributed by atoms with Crippen LogP contribution in [-0.4, -0.2) is 33.9 Å². The van der Waals surface area contributed by atoms with E-state index >= 15 is 0 Å². The maximum Gasteiger partial charge on any atom is 0.233 e. The third-order valence-electron chi connectivity index (χ3n) is 2.57. The van der Waals surface area contributed by atoms with Gasteiger partial charge in [0.05, 0.1) is 12.8 Å². The third kappa shape index (κ3) is 2.26. The molecule has 0 aliphatic heterocycles. The molecule has 0 aromatic carbocycles. The number of hydrogen-bond donors (Lipinski definition) is 1. The molecular formula is C11H15N5O. The van der Waals surface area contributed by atoms with Crippen LogP contribution >= 0.6 is 0 Å². The SMILES string of the molecule is CNC(c1ccc(OC)nn1)c1nccn1C. The Hall–Kier alpha value is -1.95. The number of methoxy groups -OCH3 is 1. The molecular weight excluding hydrogens is 218 g/mol. The third-order valence-corrected chi connectivity index (χ3v) is 2.57. The quantitative estimate of drug-likeness (QED) is 0.834. The van der Waals surface area contributed by atoms with Crippen LogP contribution in [0.4, 0.5) is 0 Å². The minimum Gasteiger partial charge on any atom is -0.480 e. The van der Waals surface area contributed by atoms with Crippen LogP contribution in [0.2, 0.25) is 0 Å². The first-order valence-electron chi connectivity index (χ1n) is 5.28. The van der Waals surface area contributed by atoms with Gasteiger partial charge in [0.1, 0.15) is 11.9 Å². The Morgan fingerprint density at radius 3 is 2.65 bits per heavy atom. The van der Waals surface area contributed by atoms with Gasteiger partial charge in [0.25, 0.3) is 0 Å². The van der Waals surface area contributed by atoms with Crippen molar-refractivity contribution < 1.29 is 4.74 Å². The highest BCUT2D eigenvalue weighted by molar-refractivity contribution is 5.20. The fourth-order valence-corrected chi connectivity index (χ4v) is 1.66. The van der Waals surface area contributed by atoms with Gasteiger partial charge in [0.2, 0.25) is 5.88 Å². The van der Waals surface area contributed by atoms with Gasteiger partial charge in [-0.25, -0.2) is 4.98 Å². The molecule has 2 rings (SSSR count). The molecule has 90 valence electrons. The van der Waals surface area contributed by atoms with Crippen molar-refractivity contribution in [3.8, 4) is 5.88 Å². The van der Waals surface area contributed by atoms with E-state index in [9.17, 15) is 0 Å². The fourth-order valence-electron chi connectivity index (χ4n) is 1.66. The first-order chi connectivity index (χ1) is 8.26. The van der Waals surface area contributed by atoms with E-state index in [-0.39, 0.29) is 6.04 Å². The van der Waals surface area contributed by atoms with Crippen LogP contribution in [0.5, 0.6) is 5.88 Å². The average Bonchev–Trinajstić information content (AvgIpc) is 2.78. The lowest BCUT2D eigenvalue weighted by Crippen LogP contribution is -2.22. The lowest BCUT2D eigenvalue weighted by molar-refractivity contribution is 0.390. The number of nitrogens with zero attached hydrogens (tertiary/aromatic N) is 4. The van der Waals surface area contributed by atoms with Crippen molar-refractivity contribution >= 4 is 0 Å². The molecule has 0 saturated carbocycles. The molecule has 6 heteroatoms. The summed E-state index contributed by atoms with van der Waals surface area (Å²) in [5.74, 6) is 1.40. The van der Waals surface area contributed by atoms with Crippen LogP contribution in [-0.2, 0) is 7.05 Å². The van der Waals surface area contributed by atoms with Crippen molar-refractivity contribution in [3.63, 3.8) is 0 Å². The predicted molar refractivity (Wildman–Crippen MR) is 62.7 cm³/mol. The zero-order chi connectivity index (χ0) is 12.3. The molecule has 2 aromatic rings.